The number of pyridine rings is 1. The first-order chi connectivity index (χ1) is 17.0. The van der Waals surface area contributed by atoms with E-state index in [0.29, 0.717) is 59.9 Å². The molecular weight excluding hydrogens is 457 g/mol. The summed E-state index contributed by atoms with van der Waals surface area (Å²) < 4.78 is 25.6. The highest BCUT2D eigenvalue weighted by Gasteiger charge is 2.33. The summed E-state index contributed by atoms with van der Waals surface area (Å²) >= 11 is 0. The van der Waals surface area contributed by atoms with Gasteiger partial charge < -0.3 is 35.1 Å². The molecule has 3 aromatic rings. The number of aromatic nitrogens is 2. The number of methoxy groups -OCH3 is 1. The van der Waals surface area contributed by atoms with Crippen LogP contribution in [0.4, 0.5) is 20.6 Å². The van der Waals surface area contributed by atoms with E-state index in [9.17, 15) is 19.1 Å². The summed E-state index contributed by atoms with van der Waals surface area (Å²) in [6, 6.07) is 6.01. The van der Waals surface area contributed by atoms with E-state index in [0.717, 1.165) is 5.69 Å². The van der Waals surface area contributed by atoms with Crippen molar-refractivity contribution in [3.8, 4) is 22.8 Å². The van der Waals surface area contributed by atoms with Crippen molar-refractivity contribution in [3.63, 3.8) is 0 Å². The number of para-hydroxylation sites is 1. The molecule has 1 unspecified atom stereocenters. The number of rotatable bonds is 7. The van der Waals surface area contributed by atoms with E-state index in [1.807, 2.05) is 0 Å². The lowest BCUT2D eigenvalue weighted by Gasteiger charge is -2.38. The lowest BCUT2D eigenvalue weighted by atomic mass is 10.0. The fraction of sp³-hybridized carbons (Fsp3) is 0.292. The molecule has 4 heterocycles. The molecule has 4 N–H and O–H groups in total. The van der Waals surface area contributed by atoms with Gasteiger partial charge in [-0.25, -0.2) is 9.18 Å². The zero-order valence-electron chi connectivity index (χ0n) is 18.9. The van der Waals surface area contributed by atoms with Gasteiger partial charge in [0, 0.05) is 37.0 Å². The van der Waals surface area contributed by atoms with Gasteiger partial charge in [0.1, 0.15) is 12.4 Å². The molecular formula is C24H24FN5O5. The molecule has 5 rings (SSSR count). The van der Waals surface area contributed by atoms with E-state index in [4.69, 9.17) is 9.47 Å². The zero-order valence-corrected chi connectivity index (χ0v) is 18.9. The number of aromatic amines is 1. The van der Waals surface area contributed by atoms with E-state index in [2.05, 4.69) is 20.6 Å². The van der Waals surface area contributed by atoms with Gasteiger partial charge in [0.25, 0.3) is 5.91 Å². The highest BCUT2D eigenvalue weighted by molar-refractivity contribution is 6.06. The van der Waals surface area contributed by atoms with E-state index in [1.165, 1.54) is 18.1 Å². The van der Waals surface area contributed by atoms with Crippen molar-refractivity contribution < 1.29 is 28.6 Å². The number of hydrogen-bond acceptors (Lipinski definition) is 6. The quantitative estimate of drug-likeness (QED) is 0.407. The predicted molar refractivity (Wildman–Crippen MR) is 125 cm³/mol. The number of anilines is 2. The van der Waals surface area contributed by atoms with Crippen molar-refractivity contribution in [3.05, 3.63) is 53.7 Å². The van der Waals surface area contributed by atoms with Gasteiger partial charge in [-0.3, -0.25) is 9.78 Å². The maximum Gasteiger partial charge on any atom is 0.407 e. The molecule has 1 saturated heterocycles. The standard InChI is InChI=1S/C24H24FN5O5/c1-34-22-15(25)3-2-4-17(22)29-21-19-16(6-9-27-23(19)31)28-20(21)14-5-8-26-11-18(14)35-12-13-7-10-30(13)24(32)33/h2-5,8,11,13,28-29H,6-7,9-10,12H2,1H3,(H,27,31)(H,32,33). The Kier molecular flexibility index (Phi) is 5.89. The summed E-state index contributed by atoms with van der Waals surface area (Å²) in [6.07, 6.45) is 3.47. The fourth-order valence-electron chi connectivity index (χ4n) is 4.41. The SMILES string of the molecule is COc1c(F)cccc1Nc1c(-c2ccncc2OCC2CCN2C(=O)O)[nH]c2c1C(=O)NCC2. The average Bonchev–Trinajstić information content (AvgIpc) is 3.18. The number of nitrogens with zero attached hydrogens (tertiary/aromatic N) is 2. The first-order valence-corrected chi connectivity index (χ1v) is 11.2. The molecule has 2 aliphatic heterocycles. The van der Waals surface area contributed by atoms with Gasteiger partial charge in [-0.1, -0.05) is 6.07 Å². The smallest absolute Gasteiger partial charge is 0.407 e. The van der Waals surface area contributed by atoms with Crippen molar-refractivity contribution in [2.24, 2.45) is 0 Å². The number of carbonyl (C=O) groups is 2. The lowest BCUT2D eigenvalue weighted by Crippen LogP contribution is -2.53. The number of hydrogen-bond donors (Lipinski definition) is 4. The van der Waals surface area contributed by atoms with E-state index in [-0.39, 0.29) is 24.3 Å². The number of fused-ring (bicyclic) bond motifs is 1. The van der Waals surface area contributed by atoms with E-state index in [1.54, 1.807) is 30.6 Å². The number of nitrogens with one attached hydrogen (secondary N) is 3. The molecule has 182 valence electrons. The molecule has 1 atom stereocenters. The second kappa shape index (κ2) is 9.16. The summed E-state index contributed by atoms with van der Waals surface area (Å²) in [5.41, 5.74) is 3.17. The number of likely N-dealkylation sites (tertiary alicyclic amines) is 1. The molecule has 10 nitrogen and oxygen atoms in total. The molecule has 2 aliphatic rings. The van der Waals surface area contributed by atoms with Crippen molar-refractivity contribution in [2.75, 3.05) is 32.1 Å². The topological polar surface area (TPSA) is 129 Å². The molecule has 2 amide bonds. The summed E-state index contributed by atoms with van der Waals surface area (Å²) in [7, 11) is 1.37. The molecule has 11 heteroatoms. The molecule has 2 aromatic heterocycles. The third-order valence-corrected chi connectivity index (χ3v) is 6.27. The molecule has 0 spiro atoms. The van der Waals surface area contributed by atoms with Crippen LogP contribution in [-0.2, 0) is 6.42 Å². The number of carboxylic acid groups (broad SMARTS) is 1. The van der Waals surface area contributed by atoms with Gasteiger partial charge >= 0.3 is 6.09 Å². The maximum atomic E-state index is 14.4. The van der Waals surface area contributed by atoms with Crippen LogP contribution >= 0.6 is 0 Å². The Labute approximate surface area is 200 Å². The summed E-state index contributed by atoms with van der Waals surface area (Å²) in [4.78, 5) is 32.9. The van der Waals surface area contributed by atoms with E-state index < -0.39 is 11.9 Å². The van der Waals surface area contributed by atoms with Gasteiger partial charge in [-0.2, -0.15) is 0 Å². The van der Waals surface area contributed by atoms with Crippen LogP contribution in [0.25, 0.3) is 11.3 Å². The van der Waals surface area contributed by atoms with Crippen LogP contribution < -0.4 is 20.1 Å². The van der Waals surface area contributed by atoms with Crippen molar-refractivity contribution in [1.82, 2.24) is 20.2 Å². The predicted octanol–water partition coefficient (Wildman–Crippen LogP) is 3.39. The number of amides is 2. The van der Waals surface area contributed by atoms with Crippen LogP contribution in [-0.4, -0.2) is 64.8 Å². The number of H-pyrrole nitrogens is 1. The van der Waals surface area contributed by atoms with Gasteiger partial charge in [0.15, 0.2) is 11.6 Å². The Morgan fingerprint density at radius 1 is 1.37 bits per heavy atom. The second-order valence-electron chi connectivity index (χ2n) is 8.28. The third kappa shape index (κ3) is 4.09. The van der Waals surface area contributed by atoms with Crippen LogP contribution in [0.3, 0.4) is 0 Å². The molecule has 1 fully saturated rings. The molecule has 0 saturated carbocycles. The average molecular weight is 481 g/mol. The van der Waals surface area contributed by atoms with Crippen molar-refractivity contribution in [1.29, 1.82) is 0 Å². The molecule has 0 aliphatic carbocycles. The Hall–Kier alpha value is -4.28. The maximum absolute atomic E-state index is 14.4. The summed E-state index contributed by atoms with van der Waals surface area (Å²) in [6.45, 7) is 1.14. The Bertz CT molecular complexity index is 1290. The molecule has 1 aromatic carbocycles. The van der Waals surface area contributed by atoms with E-state index >= 15 is 0 Å². The minimum absolute atomic E-state index is 0.0227. The van der Waals surface area contributed by atoms with Crippen LogP contribution in [0.15, 0.2) is 36.7 Å². The van der Waals surface area contributed by atoms with Gasteiger partial charge in [-0.15, -0.1) is 0 Å². The van der Waals surface area contributed by atoms with Crippen molar-refractivity contribution in [2.45, 2.75) is 18.9 Å². The lowest BCUT2D eigenvalue weighted by molar-refractivity contribution is 0.0500. The zero-order chi connectivity index (χ0) is 24.5. The summed E-state index contributed by atoms with van der Waals surface area (Å²) in [5.74, 6) is -0.341. The minimum Gasteiger partial charge on any atom is -0.492 e. The Morgan fingerprint density at radius 2 is 2.23 bits per heavy atom. The number of carbonyl (C=O) groups excluding carboxylic acids is 1. The normalized spacial score (nSPS) is 16.7. The number of halogens is 1. The van der Waals surface area contributed by atoms with Crippen LogP contribution in [0, 0.1) is 5.82 Å². The molecule has 0 bridgehead atoms. The Morgan fingerprint density at radius 3 is 2.97 bits per heavy atom. The second-order valence-corrected chi connectivity index (χ2v) is 8.28. The first-order valence-electron chi connectivity index (χ1n) is 11.2. The van der Waals surface area contributed by atoms with Crippen LogP contribution in [0.1, 0.15) is 22.5 Å². The number of benzene rings is 1. The Balaban J connectivity index is 1.54. The number of ether oxygens (including phenoxy) is 2. The van der Waals surface area contributed by atoms with Gasteiger partial charge in [0.2, 0.25) is 0 Å². The fourth-order valence-corrected chi connectivity index (χ4v) is 4.41. The van der Waals surface area contributed by atoms with Crippen LogP contribution in [0.2, 0.25) is 0 Å². The minimum atomic E-state index is -0.977. The van der Waals surface area contributed by atoms with Crippen molar-refractivity contribution >= 4 is 23.4 Å². The highest BCUT2D eigenvalue weighted by Crippen LogP contribution is 2.42. The largest absolute Gasteiger partial charge is 0.492 e. The van der Waals surface area contributed by atoms with Gasteiger partial charge in [0.05, 0.1) is 42.0 Å². The molecule has 35 heavy (non-hydrogen) atoms. The third-order valence-electron chi connectivity index (χ3n) is 6.27. The first kappa shape index (κ1) is 22.5. The monoisotopic (exact) mass is 481 g/mol. The summed E-state index contributed by atoms with van der Waals surface area (Å²) in [5, 5.41) is 15.3. The van der Waals surface area contributed by atoms with Gasteiger partial charge in [-0.05, 0) is 24.6 Å². The molecule has 0 radical (unpaired) electrons. The van der Waals surface area contributed by atoms with Crippen LogP contribution in [0.5, 0.6) is 11.5 Å². The highest BCUT2D eigenvalue weighted by atomic mass is 19.1.